The molecule has 2 N–H and O–H groups in total. The van der Waals surface area contributed by atoms with Crippen molar-refractivity contribution in [2.75, 3.05) is 66.4 Å². The molecule has 1 unspecified atom stereocenters. The fraction of sp³-hybridized carbons (Fsp3) is 0.850. The molecule has 2 aliphatic carbocycles. The van der Waals surface area contributed by atoms with E-state index < -0.39 is 0 Å². The Morgan fingerprint density at radius 3 is 2.04 bits per heavy atom. The Hall–Kier alpha value is -1.33. The number of hydrogen-bond acceptors (Lipinski definition) is 6. The molecule has 0 aliphatic heterocycles. The number of ether oxygens (including phenoxy) is 4. The van der Waals surface area contributed by atoms with Gasteiger partial charge in [-0.25, -0.2) is 4.79 Å². The average Bonchev–Trinajstić information content (AvgIpc) is 3.30. The van der Waals surface area contributed by atoms with E-state index >= 15 is 0 Å². The highest BCUT2D eigenvalue weighted by molar-refractivity contribution is 5.67. The Labute approximate surface area is 162 Å². The minimum atomic E-state index is -0.357. The molecule has 0 saturated heterocycles. The van der Waals surface area contributed by atoms with Crippen LogP contribution in [0.3, 0.4) is 0 Å². The summed E-state index contributed by atoms with van der Waals surface area (Å²) >= 11 is 0. The van der Waals surface area contributed by atoms with Gasteiger partial charge in [-0.2, -0.15) is 0 Å². The smallest absolute Gasteiger partial charge is 0.407 e. The van der Waals surface area contributed by atoms with Crippen molar-refractivity contribution in [3.8, 4) is 11.8 Å². The Morgan fingerprint density at radius 2 is 1.44 bits per heavy atom. The second-order valence-corrected chi connectivity index (χ2v) is 6.89. The first-order valence-electron chi connectivity index (χ1n) is 10.1. The Kier molecular flexibility index (Phi) is 11.2. The Bertz CT molecular complexity index is 459. The zero-order chi connectivity index (χ0) is 19.2. The lowest BCUT2D eigenvalue weighted by molar-refractivity contribution is 0.0158. The second kappa shape index (κ2) is 13.8. The molecule has 0 bridgehead atoms. The maximum Gasteiger partial charge on any atom is 0.407 e. The summed E-state index contributed by atoms with van der Waals surface area (Å²) in [4.78, 5) is 11.7. The molecule has 1 fully saturated rings. The van der Waals surface area contributed by atoms with E-state index in [4.69, 9.17) is 18.9 Å². The third-order valence-electron chi connectivity index (χ3n) is 5.00. The normalized spacial score (nSPS) is 23.4. The van der Waals surface area contributed by atoms with Crippen LogP contribution in [0, 0.1) is 29.6 Å². The van der Waals surface area contributed by atoms with Gasteiger partial charge in [0.1, 0.15) is 0 Å². The zero-order valence-electron chi connectivity index (χ0n) is 16.5. The third-order valence-corrected chi connectivity index (χ3v) is 5.00. The molecule has 27 heavy (non-hydrogen) atoms. The van der Waals surface area contributed by atoms with E-state index in [1.54, 1.807) is 0 Å². The predicted molar refractivity (Wildman–Crippen MR) is 102 cm³/mol. The van der Waals surface area contributed by atoms with Crippen LogP contribution in [0.15, 0.2) is 0 Å². The van der Waals surface area contributed by atoms with Gasteiger partial charge in [0.25, 0.3) is 0 Å². The highest BCUT2D eigenvalue weighted by atomic mass is 16.6. The lowest BCUT2D eigenvalue weighted by Crippen LogP contribution is -2.29. The lowest BCUT2D eigenvalue weighted by atomic mass is 10.1. The van der Waals surface area contributed by atoms with Crippen molar-refractivity contribution >= 4 is 6.09 Å². The highest BCUT2D eigenvalue weighted by Crippen LogP contribution is 2.52. The van der Waals surface area contributed by atoms with E-state index in [0.717, 1.165) is 32.2 Å². The second-order valence-electron chi connectivity index (χ2n) is 6.89. The van der Waals surface area contributed by atoms with Crippen LogP contribution in [0.25, 0.3) is 0 Å². The number of carbonyl (C=O) groups is 1. The van der Waals surface area contributed by atoms with Crippen LogP contribution >= 0.6 is 0 Å². The maximum atomic E-state index is 11.7. The van der Waals surface area contributed by atoms with Crippen molar-refractivity contribution in [2.24, 2.45) is 17.8 Å². The summed E-state index contributed by atoms with van der Waals surface area (Å²) in [5.41, 5.74) is 0. The van der Waals surface area contributed by atoms with Gasteiger partial charge >= 0.3 is 6.09 Å². The SMILES string of the molecule is CNCCOCCOCCOCCNC(=O)OCC1[C@H]2CCC#CCC[C@@H]12. The topological polar surface area (TPSA) is 78.0 Å². The van der Waals surface area contributed by atoms with Crippen molar-refractivity contribution in [3.05, 3.63) is 0 Å². The van der Waals surface area contributed by atoms with Crippen LogP contribution in [0.5, 0.6) is 0 Å². The van der Waals surface area contributed by atoms with Crippen LogP contribution < -0.4 is 10.6 Å². The van der Waals surface area contributed by atoms with Gasteiger partial charge in [0.15, 0.2) is 0 Å². The standard InChI is InChI=1S/C20H34N2O5/c1-21-8-10-24-12-14-26-15-13-25-11-9-22-20(23)27-16-19-17-6-4-2-3-5-7-18(17)19/h17-19,21H,4-16H2,1H3,(H,22,23)/t17-,18+,19?. The van der Waals surface area contributed by atoms with Crippen LogP contribution in [-0.4, -0.2) is 72.5 Å². The van der Waals surface area contributed by atoms with Gasteiger partial charge in [0.05, 0.1) is 46.2 Å². The summed E-state index contributed by atoms with van der Waals surface area (Å²) in [5.74, 6) is 8.31. The fourth-order valence-corrected chi connectivity index (χ4v) is 3.45. The molecule has 0 aromatic rings. The first kappa shape index (κ1) is 22.0. The molecule has 154 valence electrons. The van der Waals surface area contributed by atoms with Gasteiger partial charge in [0, 0.05) is 25.9 Å². The summed E-state index contributed by atoms with van der Waals surface area (Å²) in [6.45, 7) is 5.11. The van der Waals surface area contributed by atoms with E-state index in [-0.39, 0.29) is 6.09 Å². The van der Waals surface area contributed by atoms with E-state index in [1.165, 1.54) is 0 Å². The largest absolute Gasteiger partial charge is 0.449 e. The quantitative estimate of drug-likeness (QED) is 0.350. The average molecular weight is 383 g/mol. The van der Waals surface area contributed by atoms with Gasteiger partial charge in [0.2, 0.25) is 0 Å². The monoisotopic (exact) mass is 382 g/mol. The summed E-state index contributed by atoms with van der Waals surface area (Å²) in [7, 11) is 1.89. The summed E-state index contributed by atoms with van der Waals surface area (Å²) in [6, 6.07) is 0. The maximum absolute atomic E-state index is 11.7. The molecule has 1 amide bonds. The van der Waals surface area contributed by atoms with Crippen LogP contribution in [0.4, 0.5) is 4.79 Å². The molecule has 2 rings (SSSR count). The lowest BCUT2D eigenvalue weighted by Gasteiger charge is -2.08. The number of rotatable bonds is 14. The Balaban J connectivity index is 1.34. The first-order valence-corrected chi connectivity index (χ1v) is 10.1. The van der Waals surface area contributed by atoms with Crippen molar-refractivity contribution < 1.29 is 23.7 Å². The minimum absolute atomic E-state index is 0.357. The summed E-state index contributed by atoms with van der Waals surface area (Å²) < 4.78 is 21.5. The van der Waals surface area contributed by atoms with Gasteiger partial charge in [-0.3, -0.25) is 0 Å². The minimum Gasteiger partial charge on any atom is -0.449 e. The van der Waals surface area contributed by atoms with Crippen LogP contribution in [-0.2, 0) is 18.9 Å². The number of amides is 1. The fourth-order valence-electron chi connectivity index (χ4n) is 3.45. The van der Waals surface area contributed by atoms with E-state index in [0.29, 0.717) is 70.5 Å². The number of carbonyl (C=O) groups excluding carboxylic acids is 1. The number of nitrogens with one attached hydrogen (secondary N) is 2. The predicted octanol–water partition coefficient (Wildman–Crippen LogP) is 1.42. The number of likely N-dealkylation sites (N-methyl/N-ethyl adjacent to an activating group) is 1. The number of hydrogen-bond donors (Lipinski definition) is 2. The zero-order valence-corrected chi connectivity index (χ0v) is 16.5. The summed E-state index contributed by atoms with van der Waals surface area (Å²) in [6.07, 6.45) is 3.89. The van der Waals surface area contributed by atoms with Gasteiger partial charge in [-0.1, -0.05) is 0 Å². The van der Waals surface area contributed by atoms with E-state index in [9.17, 15) is 4.79 Å². The molecule has 1 saturated carbocycles. The van der Waals surface area contributed by atoms with Gasteiger partial charge < -0.3 is 29.6 Å². The van der Waals surface area contributed by atoms with Crippen molar-refractivity contribution in [1.82, 2.24) is 10.6 Å². The highest BCUT2D eigenvalue weighted by Gasteiger charge is 2.49. The van der Waals surface area contributed by atoms with Crippen LogP contribution in [0.2, 0.25) is 0 Å². The molecular weight excluding hydrogens is 348 g/mol. The molecule has 0 spiro atoms. The van der Waals surface area contributed by atoms with Crippen LogP contribution in [0.1, 0.15) is 25.7 Å². The molecule has 7 nitrogen and oxygen atoms in total. The summed E-state index contributed by atoms with van der Waals surface area (Å²) in [5, 5.41) is 5.73. The third kappa shape index (κ3) is 9.43. The first-order chi connectivity index (χ1) is 13.3. The molecule has 2 aliphatic rings. The molecule has 0 heterocycles. The number of alkyl carbamates (subject to hydrolysis) is 1. The van der Waals surface area contributed by atoms with Crippen molar-refractivity contribution in [3.63, 3.8) is 0 Å². The van der Waals surface area contributed by atoms with Crippen molar-refractivity contribution in [2.45, 2.75) is 25.7 Å². The molecule has 3 atom stereocenters. The molecular formula is C20H34N2O5. The molecule has 0 aromatic heterocycles. The van der Waals surface area contributed by atoms with Gasteiger partial charge in [-0.15, -0.1) is 11.8 Å². The van der Waals surface area contributed by atoms with Crippen molar-refractivity contribution in [1.29, 1.82) is 0 Å². The van der Waals surface area contributed by atoms with E-state index in [2.05, 4.69) is 22.5 Å². The van der Waals surface area contributed by atoms with Gasteiger partial charge in [-0.05, 0) is 37.6 Å². The number of fused-ring (bicyclic) bond motifs is 1. The molecule has 0 aromatic carbocycles. The Morgan fingerprint density at radius 1 is 0.889 bits per heavy atom. The molecule has 7 heteroatoms. The van der Waals surface area contributed by atoms with E-state index in [1.807, 2.05) is 7.05 Å². The molecule has 0 radical (unpaired) electrons.